The number of thiazole rings is 1. The molecular weight excluding hydrogens is 396 g/mol. The summed E-state index contributed by atoms with van der Waals surface area (Å²) in [5, 5.41) is 2.95. The molecule has 1 aromatic carbocycles. The molecule has 2 N–H and O–H groups in total. The molecule has 3 aromatic heterocycles. The molecule has 29 heavy (non-hydrogen) atoms. The lowest BCUT2D eigenvalue weighted by Crippen LogP contribution is -2.39. The predicted molar refractivity (Wildman–Crippen MR) is 108 cm³/mol. The van der Waals surface area contributed by atoms with E-state index in [4.69, 9.17) is 9.15 Å². The van der Waals surface area contributed by atoms with Crippen LogP contribution in [0, 0.1) is 0 Å². The first kappa shape index (κ1) is 18.7. The predicted octanol–water partition coefficient (Wildman–Crippen LogP) is 2.44. The van der Waals surface area contributed by atoms with Crippen molar-refractivity contribution < 1.29 is 13.9 Å². The maximum atomic E-state index is 12.6. The average Bonchev–Trinajstić information content (AvgIpc) is 3.34. The molecule has 10 heteroatoms. The van der Waals surface area contributed by atoms with Crippen molar-refractivity contribution in [1.82, 2.24) is 14.5 Å². The van der Waals surface area contributed by atoms with E-state index in [0.717, 1.165) is 15.5 Å². The van der Waals surface area contributed by atoms with Crippen LogP contribution >= 0.6 is 11.3 Å². The van der Waals surface area contributed by atoms with E-state index in [9.17, 15) is 14.4 Å². The summed E-state index contributed by atoms with van der Waals surface area (Å²) in [5.74, 6) is 0.470. The van der Waals surface area contributed by atoms with Gasteiger partial charge in [-0.15, -0.1) is 0 Å². The highest BCUT2D eigenvalue weighted by Gasteiger charge is 2.17. The van der Waals surface area contributed by atoms with Crippen LogP contribution in [0.2, 0.25) is 0 Å². The summed E-state index contributed by atoms with van der Waals surface area (Å²) < 4.78 is 12.4. The Balaban J connectivity index is 1.61. The van der Waals surface area contributed by atoms with Crippen molar-refractivity contribution in [2.45, 2.75) is 13.5 Å². The number of carbonyl (C=O) groups is 1. The standard InChI is InChI=1S/C19H16N4O5S/c1-2-27-11-5-6-14-15(8-11)29-18(21-14)22-16(24)13-9-20-19(26)23(17(13)25)10-12-4-3-7-28-12/h3-9H,2,10H2,1H3,(H,20,26)(H,21,22,24). The first-order valence-electron chi connectivity index (χ1n) is 8.75. The summed E-state index contributed by atoms with van der Waals surface area (Å²) in [6.45, 7) is 2.36. The number of furan rings is 1. The Bertz CT molecular complexity index is 1290. The number of carbonyl (C=O) groups excluding carboxylic acids is 1. The highest BCUT2D eigenvalue weighted by Crippen LogP contribution is 2.29. The van der Waals surface area contributed by atoms with Crippen LogP contribution in [0.3, 0.4) is 0 Å². The molecule has 0 spiro atoms. The maximum Gasteiger partial charge on any atom is 0.328 e. The molecule has 0 unspecified atom stereocenters. The molecule has 0 aliphatic carbocycles. The summed E-state index contributed by atoms with van der Waals surface area (Å²) in [7, 11) is 0. The number of amides is 1. The number of nitrogens with zero attached hydrogens (tertiary/aromatic N) is 2. The molecule has 148 valence electrons. The van der Waals surface area contributed by atoms with Crippen molar-refractivity contribution in [1.29, 1.82) is 0 Å². The lowest BCUT2D eigenvalue weighted by Gasteiger charge is -2.05. The Morgan fingerprint density at radius 2 is 2.21 bits per heavy atom. The molecule has 0 saturated heterocycles. The summed E-state index contributed by atoms with van der Waals surface area (Å²) in [5.41, 5.74) is -0.857. The number of ether oxygens (including phenoxy) is 1. The van der Waals surface area contributed by atoms with Gasteiger partial charge in [-0.25, -0.2) is 9.78 Å². The number of rotatable bonds is 6. The molecule has 4 rings (SSSR count). The smallest absolute Gasteiger partial charge is 0.328 e. The van der Waals surface area contributed by atoms with Crippen molar-refractivity contribution in [2.24, 2.45) is 0 Å². The van der Waals surface area contributed by atoms with Gasteiger partial charge in [0.05, 0.1) is 29.6 Å². The Kier molecular flexibility index (Phi) is 5.00. The first-order chi connectivity index (χ1) is 14.0. The number of aromatic nitrogens is 3. The van der Waals surface area contributed by atoms with Crippen LogP contribution in [0.1, 0.15) is 23.0 Å². The van der Waals surface area contributed by atoms with Gasteiger partial charge in [-0.2, -0.15) is 0 Å². The molecule has 0 aliphatic rings. The number of H-pyrrole nitrogens is 1. The van der Waals surface area contributed by atoms with Gasteiger partial charge in [0, 0.05) is 6.20 Å². The number of anilines is 1. The van der Waals surface area contributed by atoms with Crippen molar-refractivity contribution in [3.05, 3.63) is 75.0 Å². The fraction of sp³-hybridized carbons (Fsp3) is 0.158. The minimum absolute atomic E-state index is 0.0797. The van der Waals surface area contributed by atoms with Crippen LogP contribution < -0.4 is 21.3 Å². The van der Waals surface area contributed by atoms with E-state index >= 15 is 0 Å². The molecule has 4 aromatic rings. The summed E-state index contributed by atoms with van der Waals surface area (Å²) in [6, 6.07) is 8.71. The SMILES string of the molecule is CCOc1ccc2nc(NC(=O)c3c[nH]c(=O)n(Cc4ccco4)c3=O)sc2c1. The van der Waals surface area contributed by atoms with Crippen LogP contribution in [0.15, 0.2) is 56.8 Å². The third-order valence-electron chi connectivity index (χ3n) is 4.09. The second kappa shape index (κ2) is 7.76. The lowest BCUT2D eigenvalue weighted by atomic mass is 10.3. The van der Waals surface area contributed by atoms with Gasteiger partial charge in [0.2, 0.25) is 0 Å². The average molecular weight is 412 g/mol. The molecule has 0 fully saturated rings. The van der Waals surface area contributed by atoms with Crippen molar-refractivity contribution in [3.8, 4) is 5.75 Å². The van der Waals surface area contributed by atoms with Gasteiger partial charge in [-0.3, -0.25) is 19.5 Å². The van der Waals surface area contributed by atoms with E-state index in [0.29, 0.717) is 28.8 Å². The number of fused-ring (bicyclic) bond motifs is 1. The molecular formula is C19H16N4O5S. The minimum atomic E-state index is -0.720. The van der Waals surface area contributed by atoms with E-state index in [1.165, 1.54) is 17.6 Å². The highest BCUT2D eigenvalue weighted by molar-refractivity contribution is 7.22. The van der Waals surface area contributed by atoms with E-state index in [1.807, 2.05) is 13.0 Å². The van der Waals surface area contributed by atoms with Crippen LogP contribution in [-0.2, 0) is 6.54 Å². The van der Waals surface area contributed by atoms with Gasteiger partial charge >= 0.3 is 5.69 Å². The van der Waals surface area contributed by atoms with Crippen molar-refractivity contribution in [2.75, 3.05) is 11.9 Å². The summed E-state index contributed by atoms with van der Waals surface area (Å²) in [6.07, 6.45) is 2.54. The van der Waals surface area contributed by atoms with E-state index in [-0.39, 0.29) is 12.1 Å². The molecule has 0 saturated carbocycles. The van der Waals surface area contributed by atoms with Crippen LogP contribution in [-0.4, -0.2) is 27.0 Å². The van der Waals surface area contributed by atoms with Crippen LogP contribution in [0.5, 0.6) is 5.75 Å². The quantitative estimate of drug-likeness (QED) is 0.502. The molecule has 0 bridgehead atoms. The number of benzene rings is 1. The topological polar surface area (TPSA) is 119 Å². The van der Waals surface area contributed by atoms with E-state index in [2.05, 4.69) is 15.3 Å². The third-order valence-corrected chi connectivity index (χ3v) is 5.02. The van der Waals surface area contributed by atoms with Gasteiger partial charge in [0.25, 0.3) is 11.5 Å². The van der Waals surface area contributed by atoms with Crippen molar-refractivity contribution >= 4 is 32.6 Å². The van der Waals surface area contributed by atoms with Crippen molar-refractivity contribution in [3.63, 3.8) is 0 Å². The molecule has 0 radical (unpaired) electrons. The van der Waals surface area contributed by atoms with Gasteiger partial charge < -0.3 is 14.1 Å². The van der Waals surface area contributed by atoms with Gasteiger partial charge in [-0.05, 0) is 37.3 Å². The largest absolute Gasteiger partial charge is 0.494 e. The zero-order valence-electron chi connectivity index (χ0n) is 15.3. The third kappa shape index (κ3) is 3.83. The first-order valence-corrected chi connectivity index (χ1v) is 9.56. The van der Waals surface area contributed by atoms with Crippen LogP contribution in [0.25, 0.3) is 10.2 Å². The maximum absolute atomic E-state index is 12.6. The lowest BCUT2D eigenvalue weighted by molar-refractivity contribution is 0.102. The van der Waals surface area contributed by atoms with E-state index in [1.54, 1.807) is 24.3 Å². The highest BCUT2D eigenvalue weighted by atomic mass is 32.1. The Morgan fingerprint density at radius 1 is 1.34 bits per heavy atom. The monoisotopic (exact) mass is 412 g/mol. The number of hydrogen-bond acceptors (Lipinski definition) is 7. The summed E-state index contributed by atoms with van der Waals surface area (Å²) in [4.78, 5) is 44.0. The minimum Gasteiger partial charge on any atom is -0.494 e. The van der Waals surface area contributed by atoms with E-state index < -0.39 is 17.2 Å². The van der Waals surface area contributed by atoms with Gasteiger partial charge in [0.15, 0.2) is 5.13 Å². The second-order valence-electron chi connectivity index (χ2n) is 6.01. The normalized spacial score (nSPS) is 10.9. The molecule has 3 heterocycles. The molecule has 0 aliphatic heterocycles. The zero-order chi connectivity index (χ0) is 20.4. The number of nitrogens with one attached hydrogen (secondary N) is 2. The fourth-order valence-electron chi connectivity index (χ4n) is 2.76. The molecule has 0 atom stereocenters. The van der Waals surface area contributed by atoms with Gasteiger partial charge in [-0.1, -0.05) is 11.3 Å². The Hall–Kier alpha value is -3.66. The van der Waals surface area contributed by atoms with Gasteiger partial charge in [0.1, 0.15) is 17.1 Å². The number of hydrogen-bond donors (Lipinski definition) is 2. The zero-order valence-corrected chi connectivity index (χ0v) is 16.1. The Morgan fingerprint density at radius 3 is 2.97 bits per heavy atom. The Labute approximate surface area is 167 Å². The molecule has 9 nitrogen and oxygen atoms in total. The molecule has 1 amide bonds. The fourth-order valence-corrected chi connectivity index (χ4v) is 3.64. The number of aromatic amines is 1. The second-order valence-corrected chi connectivity index (χ2v) is 7.04. The summed E-state index contributed by atoms with van der Waals surface area (Å²) >= 11 is 1.26. The van der Waals surface area contributed by atoms with Crippen LogP contribution in [0.4, 0.5) is 5.13 Å².